The average Bonchev–Trinajstić information content (AvgIpc) is 3.25. The van der Waals surface area contributed by atoms with Gasteiger partial charge in [0.15, 0.2) is 0 Å². The first-order valence-corrected chi connectivity index (χ1v) is 13.4. The molecule has 1 N–H and O–H groups in total. The molecule has 2 aromatic rings. The number of hydrogen-bond donors (Lipinski definition) is 1. The molecule has 0 atom stereocenters. The zero-order chi connectivity index (χ0) is 22.4. The summed E-state index contributed by atoms with van der Waals surface area (Å²) in [6.07, 6.45) is 5.06. The van der Waals surface area contributed by atoms with Crippen molar-refractivity contribution in [2.24, 2.45) is 0 Å². The van der Waals surface area contributed by atoms with Crippen LogP contribution in [0.3, 0.4) is 0 Å². The number of benzene rings is 2. The third-order valence-corrected chi connectivity index (χ3v) is 9.00. The highest BCUT2D eigenvalue weighted by Crippen LogP contribution is 2.29. The van der Waals surface area contributed by atoms with Gasteiger partial charge in [0.25, 0.3) is 10.0 Å². The molecule has 1 aliphatic rings. The Labute approximate surface area is 194 Å². The normalized spacial score (nSPS) is 14.5. The topological polar surface area (TPSA) is 66.5 Å². The van der Waals surface area contributed by atoms with Crippen LogP contribution in [0.25, 0.3) is 0 Å². The average molecular weight is 481 g/mol. The fourth-order valence-electron chi connectivity index (χ4n) is 3.55. The standard InChI is InChI=1S/C23H29ClN2O3S2/c1-17-7-11-21(12-8-17)31(28,29)26(19-10-9-18(2)22(24)15-19)16-23(27)25-13-14-30-20-5-3-4-6-20/h7-12,15,20H,3-6,13-14,16H2,1-2H3,(H,25,27). The Morgan fingerprint density at radius 2 is 1.81 bits per heavy atom. The highest BCUT2D eigenvalue weighted by atomic mass is 35.5. The quantitative estimate of drug-likeness (QED) is 0.516. The molecule has 0 aromatic heterocycles. The van der Waals surface area contributed by atoms with Gasteiger partial charge >= 0.3 is 0 Å². The van der Waals surface area contributed by atoms with Crippen LogP contribution in [-0.4, -0.2) is 38.4 Å². The zero-order valence-corrected chi connectivity index (χ0v) is 20.3. The number of aryl methyl sites for hydroxylation is 2. The predicted molar refractivity (Wildman–Crippen MR) is 130 cm³/mol. The van der Waals surface area contributed by atoms with E-state index in [0.29, 0.717) is 22.5 Å². The molecule has 0 aliphatic heterocycles. The van der Waals surface area contributed by atoms with Gasteiger partial charge in [0.05, 0.1) is 10.6 Å². The summed E-state index contributed by atoms with van der Waals surface area (Å²) in [4.78, 5) is 12.8. The molecule has 1 aliphatic carbocycles. The number of nitrogens with one attached hydrogen (secondary N) is 1. The van der Waals surface area contributed by atoms with Crippen LogP contribution in [0, 0.1) is 13.8 Å². The fraction of sp³-hybridized carbons (Fsp3) is 0.435. The minimum atomic E-state index is -3.93. The van der Waals surface area contributed by atoms with Crippen LogP contribution in [0.4, 0.5) is 5.69 Å². The second-order valence-electron chi connectivity index (χ2n) is 7.89. The van der Waals surface area contributed by atoms with Gasteiger partial charge in [0.1, 0.15) is 6.54 Å². The summed E-state index contributed by atoms with van der Waals surface area (Å²) in [6, 6.07) is 11.6. The molecule has 5 nitrogen and oxygen atoms in total. The van der Waals surface area contributed by atoms with Crippen molar-refractivity contribution >= 4 is 45.0 Å². The number of sulfonamides is 1. The Morgan fingerprint density at radius 3 is 2.45 bits per heavy atom. The number of nitrogens with zero attached hydrogens (tertiary/aromatic N) is 1. The Kier molecular flexibility index (Phi) is 8.30. The summed E-state index contributed by atoms with van der Waals surface area (Å²) in [5, 5.41) is 4.01. The van der Waals surface area contributed by atoms with Crippen LogP contribution in [0.2, 0.25) is 5.02 Å². The van der Waals surface area contributed by atoms with Crippen molar-refractivity contribution in [1.82, 2.24) is 5.32 Å². The van der Waals surface area contributed by atoms with E-state index in [1.165, 1.54) is 25.7 Å². The first-order valence-electron chi connectivity index (χ1n) is 10.5. The van der Waals surface area contributed by atoms with Gasteiger partial charge in [-0.3, -0.25) is 9.10 Å². The monoisotopic (exact) mass is 480 g/mol. The van der Waals surface area contributed by atoms with E-state index in [9.17, 15) is 13.2 Å². The molecule has 2 aromatic carbocycles. The number of hydrogen-bond acceptors (Lipinski definition) is 4. The van der Waals surface area contributed by atoms with E-state index in [1.807, 2.05) is 25.6 Å². The maximum atomic E-state index is 13.4. The number of rotatable bonds is 9. The van der Waals surface area contributed by atoms with E-state index < -0.39 is 10.0 Å². The molecule has 168 valence electrons. The minimum Gasteiger partial charge on any atom is -0.354 e. The number of amides is 1. The van der Waals surface area contributed by atoms with E-state index in [-0.39, 0.29) is 17.3 Å². The lowest BCUT2D eigenvalue weighted by Gasteiger charge is -2.24. The molecule has 0 saturated heterocycles. The molecule has 31 heavy (non-hydrogen) atoms. The lowest BCUT2D eigenvalue weighted by atomic mass is 10.2. The van der Waals surface area contributed by atoms with Crippen LogP contribution >= 0.6 is 23.4 Å². The molecule has 0 heterocycles. The predicted octanol–water partition coefficient (Wildman–Crippen LogP) is 4.94. The van der Waals surface area contributed by atoms with Gasteiger partial charge in [0.2, 0.25) is 5.91 Å². The smallest absolute Gasteiger partial charge is 0.264 e. The summed E-state index contributed by atoms with van der Waals surface area (Å²) in [5.41, 5.74) is 2.17. The SMILES string of the molecule is Cc1ccc(S(=O)(=O)N(CC(=O)NCCSC2CCCC2)c2ccc(C)c(Cl)c2)cc1. The van der Waals surface area contributed by atoms with E-state index in [4.69, 9.17) is 11.6 Å². The molecular weight excluding hydrogens is 452 g/mol. The zero-order valence-electron chi connectivity index (χ0n) is 17.9. The minimum absolute atomic E-state index is 0.138. The Hall–Kier alpha value is -1.70. The maximum Gasteiger partial charge on any atom is 0.264 e. The van der Waals surface area contributed by atoms with Gasteiger partial charge in [-0.05, 0) is 56.5 Å². The summed E-state index contributed by atoms with van der Waals surface area (Å²) >= 11 is 8.14. The van der Waals surface area contributed by atoms with E-state index in [1.54, 1.807) is 42.5 Å². The number of carbonyl (C=O) groups is 1. The van der Waals surface area contributed by atoms with E-state index in [2.05, 4.69) is 5.32 Å². The first kappa shape index (κ1) is 24.0. The Bertz CT molecular complexity index is 1000. The molecule has 3 rings (SSSR count). The lowest BCUT2D eigenvalue weighted by molar-refractivity contribution is -0.119. The van der Waals surface area contributed by atoms with Crippen molar-refractivity contribution in [3.63, 3.8) is 0 Å². The summed E-state index contributed by atoms with van der Waals surface area (Å²) in [6.45, 7) is 3.96. The number of carbonyl (C=O) groups excluding carboxylic acids is 1. The third-order valence-electron chi connectivity index (χ3n) is 5.42. The van der Waals surface area contributed by atoms with Crippen molar-refractivity contribution in [3.8, 4) is 0 Å². The van der Waals surface area contributed by atoms with Crippen molar-refractivity contribution in [2.45, 2.75) is 49.7 Å². The molecule has 0 unspecified atom stereocenters. The van der Waals surface area contributed by atoms with Crippen molar-refractivity contribution in [1.29, 1.82) is 0 Å². The van der Waals surface area contributed by atoms with Crippen molar-refractivity contribution in [3.05, 3.63) is 58.6 Å². The first-order chi connectivity index (χ1) is 14.8. The second-order valence-corrected chi connectivity index (χ2v) is 11.6. The number of halogens is 1. The molecule has 1 fully saturated rings. The number of thioether (sulfide) groups is 1. The fourth-order valence-corrected chi connectivity index (χ4v) is 6.35. The van der Waals surface area contributed by atoms with Gasteiger partial charge in [-0.25, -0.2) is 8.42 Å². The highest BCUT2D eigenvalue weighted by Gasteiger charge is 2.27. The molecule has 0 bridgehead atoms. The van der Waals surface area contributed by atoms with E-state index >= 15 is 0 Å². The maximum absolute atomic E-state index is 13.4. The molecule has 1 saturated carbocycles. The lowest BCUT2D eigenvalue weighted by Crippen LogP contribution is -2.41. The summed E-state index contributed by atoms with van der Waals surface area (Å²) in [7, 11) is -3.93. The Balaban J connectivity index is 1.74. The highest BCUT2D eigenvalue weighted by molar-refractivity contribution is 7.99. The largest absolute Gasteiger partial charge is 0.354 e. The van der Waals surface area contributed by atoms with Crippen LogP contribution in [-0.2, 0) is 14.8 Å². The van der Waals surface area contributed by atoms with Gasteiger partial charge in [-0.1, -0.05) is 48.2 Å². The van der Waals surface area contributed by atoms with Crippen molar-refractivity contribution in [2.75, 3.05) is 23.1 Å². The van der Waals surface area contributed by atoms with Gasteiger partial charge in [-0.2, -0.15) is 11.8 Å². The summed E-state index contributed by atoms with van der Waals surface area (Å²) < 4.78 is 27.9. The molecule has 1 amide bonds. The van der Waals surface area contributed by atoms with Crippen LogP contribution < -0.4 is 9.62 Å². The molecule has 0 radical (unpaired) electrons. The van der Waals surface area contributed by atoms with Crippen LogP contribution in [0.5, 0.6) is 0 Å². The van der Waals surface area contributed by atoms with Crippen LogP contribution in [0.1, 0.15) is 36.8 Å². The molecule has 8 heteroatoms. The van der Waals surface area contributed by atoms with Crippen molar-refractivity contribution < 1.29 is 13.2 Å². The molecular formula is C23H29ClN2O3S2. The number of anilines is 1. The third kappa shape index (κ3) is 6.40. The van der Waals surface area contributed by atoms with Crippen LogP contribution in [0.15, 0.2) is 47.4 Å². The Morgan fingerprint density at radius 1 is 1.13 bits per heavy atom. The van der Waals surface area contributed by atoms with Gasteiger partial charge in [0, 0.05) is 22.6 Å². The van der Waals surface area contributed by atoms with Gasteiger partial charge in [-0.15, -0.1) is 0 Å². The molecule has 0 spiro atoms. The van der Waals surface area contributed by atoms with Gasteiger partial charge < -0.3 is 5.32 Å². The van der Waals surface area contributed by atoms with E-state index in [0.717, 1.165) is 21.2 Å². The second kappa shape index (κ2) is 10.7. The summed E-state index contributed by atoms with van der Waals surface area (Å²) in [5.74, 6) is 0.497.